The summed E-state index contributed by atoms with van der Waals surface area (Å²) < 4.78 is 13.9. The van der Waals surface area contributed by atoms with Crippen LogP contribution in [0.5, 0.6) is 0 Å². The summed E-state index contributed by atoms with van der Waals surface area (Å²) in [6.45, 7) is 0.460. The van der Waals surface area contributed by atoms with Gasteiger partial charge in [-0.25, -0.2) is 24.2 Å². The zero-order chi connectivity index (χ0) is 26.8. The number of rotatable bonds is 10. The number of benzene rings is 1. The van der Waals surface area contributed by atoms with Crippen molar-refractivity contribution in [3.05, 3.63) is 62.9 Å². The number of hydrogen-bond donors (Lipinski definition) is 1. The number of aryl methyl sites for hydroxylation is 2. The first kappa shape index (κ1) is 26.5. The van der Waals surface area contributed by atoms with E-state index in [4.69, 9.17) is 14.6 Å². The topological polar surface area (TPSA) is 96.2 Å². The molecule has 3 aromatic heterocycles. The van der Waals surface area contributed by atoms with Gasteiger partial charge in [-0.1, -0.05) is 17.8 Å². The highest BCUT2D eigenvalue weighted by Gasteiger charge is 2.25. The molecule has 0 saturated carbocycles. The summed E-state index contributed by atoms with van der Waals surface area (Å²) in [5.41, 5.74) is 7.74. The Bertz CT molecular complexity index is 1490. The van der Waals surface area contributed by atoms with Gasteiger partial charge in [-0.2, -0.15) is 5.10 Å². The Morgan fingerprint density at radius 2 is 1.56 bits per heavy atom. The standard InChI is InChI=1S/C27H26N4O4S4/c32-24(21-14-37-26(36)29-21)34-9-1-2-10-35-25(33)22-15-38-27(30-22)39-18-12-28-31(13-18)23-19-7-3-5-16(19)11-17-6-4-8-20(17)23/h11-15H,1-10H2,(H,29,36). The minimum atomic E-state index is -0.474. The molecule has 0 N–H and O–H groups in total. The number of nitrogens with zero attached hydrogens (tertiary/aromatic N) is 4. The average molecular weight is 599 g/mol. The van der Waals surface area contributed by atoms with Crippen LogP contribution in [0.1, 0.15) is 68.9 Å². The maximum Gasteiger partial charge on any atom is 0.357 e. The van der Waals surface area contributed by atoms with E-state index >= 15 is 0 Å². The summed E-state index contributed by atoms with van der Waals surface area (Å²) in [6.07, 6.45) is 12.1. The van der Waals surface area contributed by atoms with E-state index in [1.807, 2.05) is 10.9 Å². The maximum absolute atomic E-state index is 12.4. The van der Waals surface area contributed by atoms with E-state index in [1.54, 1.807) is 10.8 Å². The Morgan fingerprint density at radius 3 is 2.21 bits per heavy atom. The highest BCUT2D eigenvalue weighted by atomic mass is 32.2. The van der Waals surface area contributed by atoms with Gasteiger partial charge in [0.15, 0.2) is 15.7 Å². The fourth-order valence-corrected chi connectivity index (χ4v) is 7.60. The molecular formula is C27H26N4O4S4. The average Bonchev–Trinajstić information content (AvgIpc) is 3.75. The lowest BCUT2D eigenvalue weighted by molar-refractivity contribution is 0.0426. The molecule has 0 atom stereocenters. The number of carbonyl (C=O) groups excluding carboxylic acids is 2. The molecule has 3 heterocycles. The fraction of sp³-hybridized carbons (Fsp3) is 0.370. The highest BCUT2D eigenvalue weighted by molar-refractivity contribution is 8.01. The van der Waals surface area contributed by atoms with Crippen LogP contribution in [0.3, 0.4) is 0 Å². The van der Waals surface area contributed by atoms with Gasteiger partial charge in [-0.15, -0.1) is 35.3 Å². The monoisotopic (exact) mass is 598 g/mol. The van der Waals surface area contributed by atoms with Crippen molar-refractivity contribution in [1.82, 2.24) is 19.7 Å². The van der Waals surface area contributed by atoms with Gasteiger partial charge < -0.3 is 9.47 Å². The SMILES string of the molecule is O=C(OCCCCOC(=O)c1csc(Sc2cnn(-c3c4c(cc5c3CCC5)CCC4)c2)n1)c1csc(S)n1. The predicted molar refractivity (Wildman–Crippen MR) is 153 cm³/mol. The van der Waals surface area contributed by atoms with Crippen LogP contribution >= 0.6 is 47.1 Å². The van der Waals surface area contributed by atoms with Crippen LogP contribution in [0, 0.1) is 0 Å². The minimum Gasteiger partial charge on any atom is -0.461 e. The predicted octanol–water partition coefficient (Wildman–Crippen LogP) is 6.00. The van der Waals surface area contributed by atoms with Gasteiger partial charge in [-0.3, -0.25) is 0 Å². The van der Waals surface area contributed by atoms with Crippen molar-refractivity contribution in [3.63, 3.8) is 0 Å². The quantitative estimate of drug-likeness (QED) is 0.135. The number of ether oxygens (including phenoxy) is 2. The molecule has 0 bridgehead atoms. The van der Waals surface area contributed by atoms with Crippen molar-refractivity contribution in [2.75, 3.05) is 13.2 Å². The number of esters is 2. The second kappa shape index (κ2) is 11.8. The fourth-order valence-electron chi connectivity index (χ4n) is 5.08. The van der Waals surface area contributed by atoms with Crippen molar-refractivity contribution in [2.45, 2.75) is 64.9 Å². The molecule has 0 unspecified atom stereocenters. The summed E-state index contributed by atoms with van der Waals surface area (Å²) in [4.78, 5) is 33.7. The molecule has 0 amide bonds. The third-order valence-electron chi connectivity index (χ3n) is 6.83. The molecule has 0 spiro atoms. The van der Waals surface area contributed by atoms with E-state index in [-0.39, 0.29) is 18.9 Å². The van der Waals surface area contributed by atoms with Gasteiger partial charge in [0.1, 0.15) is 4.34 Å². The molecule has 8 nitrogen and oxygen atoms in total. The molecule has 12 heteroatoms. The molecule has 0 radical (unpaired) electrons. The van der Waals surface area contributed by atoms with E-state index < -0.39 is 11.9 Å². The highest BCUT2D eigenvalue weighted by Crippen LogP contribution is 2.38. The molecule has 4 aromatic rings. The van der Waals surface area contributed by atoms with Crippen LogP contribution in [0.2, 0.25) is 0 Å². The summed E-state index contributed by atoms with van der Waals surface area (Å²) >= 11 is 8.28. The normalized spacial score (nSPS) is 13.9. The van der Waals surface area contributed by atoms with Crippen LogP contribution in [-0.2, 0) is 35.2 Å². The lowest BCUT2D eigenvalue weighted by Crippen LogP contribution is -2.09. The number of carbonyl (C=O) groups is 2. The van der Waals surface area contributed by atoms with E-state index in [9.17, 15) is 9.59 Å². The van der Waals surface area contributed by atoms with Crippen LogP contribution in [0.25, 0.3) is 5.69 Å². The molecular weight excluding hydrogens is 573 g/mol. The van der Waals surface area contributed by atoms with Crippen molar-refractivity contribution in [3.8, 4) is 5.69 Å². The van der Waals surface area contributed by atoms with Gasteiger partial charge >= 0.3 is 11.9 Å². The first-order chi connectivity index (χ1) is 19.0. The van der Waals surface area contributed by atoms with E-state index in [0.717, 1.165) is 34.9 Å². The third-order valence-corrected chi connectivity index (χ3v) is 9.78. The van der Waals surface area contributed by atoms with Gasteiger partial charge in [-0.05, 0) is 73.6 Å². The molecule has 39 heavy (non-hydrogen) atoms. The second-order valence-corrected chi connectivity index (χ2v) is 13.2. The lowest BCUT2D eigenvalue weighted by atomic mass is 9.99. The second-order valence-electron chi connectivity index (χ2n) is 9.42. The Kier molecular flexibility index (Phi) is 8.05. The molecule has 6 rings (SSSR count). The smallest absolute Gasteiger partial charge is 0.357 e. The van der Waals surface area contributed by atoms with E-state index in [0.29, 0.717) is 22.9 Å². The van der Waals surface area contributed by atoms with Crippen LogP contribution in [-0.4, -0.2) is 44.9 Å². The van der Waals surface area contributed by atoms with E-state index in [2.05, 4.69) is 34.9 Å². The van der Waals surface area contributed by atoms with Crippen LogP contribution in [0.4, 0.5) is 0 Å². The van der Waals surface area contributed by atoms with Crippen molar-refractivity contribution < 1.29 is 19.1 Å². The maximum atomic E-state index is 12.4. The Balaban J connectivity index is 0.994. The van der Waals surface area contributed by atoms with Crippen LogP contribution < -0.4 is 0 Å². The van der Waals surface area contributed by atoms with Crippen molar-refractivity contribution >= 4 is 59.0 Å². The summed E-state index contributed by atoms with van der Waals surface area (Å²) in [7, 11) is 0. The summed E-state index contributed by atoms with van der Waals surface area (Å²) in [5, 5.41) is 8.05. The number of fused-ring (bicyclic) bond motifs is 2. The molecule has 2 aliphatic carbocycles. The molecule has 0 aliphatic heterocycles. The first-order valence-electron chi connectivity index (χ1n) is 12.9. The zero-order valence-corrected chi connectivity index (χ0v) is 24.4. The Morgan fingerprint density at radius 1 is 0.923 bits per heavy atom. The summed E-state index contributed by atoms with van der Waals surface area (Å²) in [5.74, 6) is -0.928. The molecule has 1 aromatic carbocycles. The molecule has 202 valence electrons. The lowest BCUT2D eigenvalue weighted by Gasteiger charge is -2.14. The van der Waals surface area contributed by atoms with Crippen molar-refractivity contribution in [2.24, 2.45) is 0 Å². The largest absolute Gasteiger partial charge is 0.461 e. The minimum absolute atomic E-state index is 0.229. The van der Waals surface area contributed by atoms with Crippen molar-refractivity contribution in [1.29, 1.82) is 0 Å². The number of thiol groups is 1. The van der Waals surface area contributed by atoms with E-state index in [1.165, 1.54) is 75.2 Å². The Labute approximate surface area is 243 Å². The number of thiazole rings is 2. The zero-order valence-electron chi connectivity index (χ0n) is 21.1. The molecule has 0 saturated heterocycles. The number of aromatic nitrogens is 4. The Hall–Kier alpha value is -2.67. The van der Waals surface area contributed by atoms with Gasteiger partial charge in [0.05, 0.1) is 30.0 Å². The third kappa shape index (κ3) is 5.93. The van der Waals surface area contributed by atoms with Gasteiger partial charge in [0, 0.05) is 17.0 Å². The summed E-state index contributed by atoms with van der Waals surface area (Å²) in [6, 6.07) is 2.43. The van der Waals surface area contributed by atoms with Crippen LogP contribution in [0.15, 0.2) is 42.8 Å². The number of hydrogen-bond acceptors (Lipinski definition) is 11. The molecule has 2 aliphatic rings. The number of unbranched alkanes of at least 4 members (excludes halogenated alkanes) is 1. The first-order valence-corrected chi connectivity index (χ1v) is 15.9. The van der Waals surface area contributed by atoms with Gasteiger partial charge in [0.2, 0.25) is 0 Å². The van der Waals surface area contributed by atoms with Gasteiger partial charge in [0.25, 0.3) is 0 Å². The molecule has 0 fully saturated rings.